The number of carbonyl (C=O) groups excluding carboxylic acids is 2. The normalized spacial score (nSPS) is 17.1. The number of thiazole rings is 1. The first kappa shape index (κ1) is 18.6. The molecule has 1 unspecified atom stereocenters. The number of hydrogen-bond acceptors (Lipinski definition) is 5. The molecular weight excluding hydrogens is 374 g/mol. The molecule has 1 N–H and O–H groups in total. The van der Waals surface area contributed by atoms with Gasteiger partial charge in [-0.05, 0) is 48.9 Å². The molecule has 0 aliphatic carbocycles. The molecule has 3 aromatic rings. The summed E-state index contributed by atoms with van der Waals surface area (Å²) >= 11 is 1.65. The van der Waals surface area contributed by atoms with Gasteiger partial charge in [0.2, 0.25) is 5.91 Å². The van der Waals surface area contributed by atoms with Gasteiger partial charge in [0.05, 0.1) is 23.2 Å². The van der Waals surface area contributed by atoms with E-state index in [1.165, 1.54) is 5.56 Å². The Balaban J connectivity index is 1.42. The number of rotatable bonds is 4. The monoisotopic (exact) mass is 395 g/mol. The van der Waals surface area contributed by atoms with Crippen LogP contribution in [0.5, 0.6) is 0 Å². The molecule has 0 radical (unpaired) electrons. The van der Waals surface area contributed by atoms with E-state index in [0.717, 1.165) is 20.8 Å². The van der Waals surface area contributed by atoms with Crippen molar-refractivity contribution in [2.45, 2.75) is 19.4 Å². The zero-order valence-corrected chi connectivity index (χ0v) is 16.6. The molecule has 1 aromatic heterocycles. The van der Waals surface area contributed by atoms with Crippen molar-refractivity contribution in [2.24, 2.45) is 0 Å². The van der Waals surface area contributed by atoms with E-state index in [1.54, 1.807) is 23.3 Å². The SMILES string of the molecule is Cc1ccc2nc(-c3ccc(NC(=O)CC4OCCN(C)C4=O)cc3)sc2c1. The molecule has 0 saturated carbocycles. The highest BCUT2D eigenvalue weighted by molar-refractivity contribution is 7.21. The molecule has 1 aliphatic rings. The number of nitrogens with zero attached hydrogens (tertiary/aromatic N) is 2. The number of likely N-dealkylation sites (N-methyl/N-ethyl adjacent to an activating group) is 1. The number of carbonyl (C=O) groups is 2. The molecule has 4 rings (SSSR count). The quantitative estimate of drug-likeness (QED) is 0.734. The third kappa shape index (κ3) is 3.90. The van der Waals surface area contributed by atoms with Gasteiger partial charge in [-0.1, -0.05) is 6.07 Å². The second kappa shape index (κ2) is 7.69. The van der Waals surface area contributed by atoms with Gasteiger partial charge in [-0.15, -0.1) is 11.3 Å². The van der Waals surface area contributed by atoms with Gasteiger partial charge in [0.1, 0.15) is 11.1 Å². The first-order chi connectivity index (χ1) is 13.5. The van der Waals surface area contributed by atoms with E-state index < -0.39 is 6.10 Å². The van der Waals surface area contributed by atoms with Crippen LogP contribution in [0, 0.1) is 6.92 Å². The molecule has 2 heterocycles. The summed E-state index contributed by atoms with van der Waals surface area (Å²) in [7, 11) is 1.72. The Morgan fingerprint density at radius 2 is 2.07 bits per heavy atom. The average Bonchev–Trinajstić information content (AvgIpc) is 3.09. The van der Waals surface area contributed by atoms with E-state index in [1.807, 2.05) is 30.3 Å². The molecule has 1 saturated heterocycles. The maximum Gasteiger partial charge on any atom is 0.252 e. The minimum Gasteiger partial charge on any atom is -0.366 e. The van der Waals surface area contributed by atoms with Crippen LogP contribution in [-0.2, 0) is 14.3 Å². The molecule has 6 nitrogen and oxygen atoms in total. The van der Waals surface area contributed by atoms with Gasteiger partial charge in [-0.2, -0.15) is 0 Å². The maximum atomic E-state index is 12.3. The number of aromatic nitrogens is 1. The number of hydrogen-bond donors (Lipinski definition) is 1. The molecule has 2 amide bonds. The third-order valence-electron chi connectivity index (χ3n) is 4.73. The summed E-state index contributed by atoms with van der Waals surface area (Å²) in [6, 6.07) is 13.8. The topological polar surface area (TPSA) is 71.5 Å². The number of anilines is 1. The van der Waals surface area contributed by atoms with Gasteiger partial charge in [0.25, 0.3) is 5.91 Å². The predicted molar refractivity (Wildman–Crippen MR) is 110 cm³/mol. The highest BCUT2D eigenvalue weighted by atomic mass is 32.1. The predicted octanol–water partition coefficient (Wildman–Crippen LogP) is 3.46. The number of nitrogens with one attached hydrogen (secondary N) is 1. The fraction of sp³-hybridized carbons (Fsp3) is 0.286. The Bertz CT molecular complexity index is 1030. The van der Waals surface area contributed by atoms with Crippen LogP contribution in [0.25, 0.3) is 20.8 Å². The van der Waals surface area contributed by atoms with Crippen LogP contribution >= 0.6 is 11.3 Å². The Morgan fingerprint density at radius 3 is 2.86 bits per heavy atom. The summed E-state index contributed by atoms with van der Waals surface area (Å²) < 4.78 is 6.59. The number of ether oxygens (including phenoxy) is 1. The van der Waals surface area contributed by atoms with Crippen molar-refractivity contribution < 1.29 is 14.3 Å². The van der Waals surface area contributed by atoms with Gasteiger partial charge in [0, 0.05) is 24.8 Å². The highest BCUT2D eigenvalue weighted by Gasteiger charge is 2.29. The smallest absolute Gasteiger partial charge is 0.252 e. The van der Waals surface area contributed by atoms with Crippen LogP contribution in [0.1, 0.15) is 12.0 Å². The lowest BCUT2D eigenvalue weighted by atomic mass is 10.1. The van der Waals surface area contributed by atoms with Crippen LogP contribution in [0.15, 0.2) is 42.5 Å². The number of benzene rings is 2. The minimum absolute atomic E-state index is 0.0160. The number of fused-ring (bicyclic) bond motifs is 1. The van der Waals surface area contributed by atoms with Gasteiger partial charge in [-0.3, -0.25) is 9.59 Å². The molecular formula is C21H21N3O3S. The van der Waals surface area contributed by atoms with E-state index in [0.29, 0.717) is 18.8 Å². The van der Waals surface area contributed by atoms with E-state index in [2.05, 4.69) is 29.4 Å². The van der Waals surface area contributed by atoms with Crippen molar-refractivity contribution >= 4 is 39.1 Å². The molecule has 0 spiro atoms. The average molecular weight is 395 g/mol. The summed E-state index contributed by atoms with van der Waals surface area (Å²) in [6.45, 7) is 3.08. The summed E-state index contributed by atoms with van der Waals surface area (Å²) in [5, 5.41) is 3.78. The summed E-state index contributed by atoms with van der Waals surface area (Å²) in [5.74, 6) is -0.389. The lowest BCUT2D eigenvalue weighted by molar-refractivity contribution is -0.153. The fourth-order valence-electron chi connectivity index (χ4n) is 3.14. The van der Waals surface area contributed by atoms with E-state index >= 15 is 0 Å². The van der Waals surface area contributed by atoms with Crippen molar-refractivity contribution in [2.75, 3.05) is 25.5 Å². The van der Waals surface area contributed by atoms with Crippen molar-refractivity contribution in [1.82, 2.24) is 9.88 Å². The summed E-state index contributed by atoms with van der Waals surface area (Å²) in [5.41, 5.74) is 3.89. The lowest BCUT2D eigenvalue weighted by Crippen LogP contribution is -2.46. The van der Waals surface area contributed by atoms with Gasteiger partial charge < -0.3 is 15.0 Å². The molecule has 1 atom stereocenters. The lowest BCUT2D eigenvalue weighted by Gasteiger charge is -2.29. The molecule has 1 fully saturated rings. The Hall–Kier alpha value is -2.77. The Kier molecular flexibility index (Phi) is 5.11. The molecule has 28 heavy (non-hydrogen) atoms. The van der Waals surface area contributed by atoms with Crippen LogP contribution < -0.4 is 5.32 Å². The molecule has 2 aromatic carbocycles. The van der Waals surface area contributed by atoms with Crippen molar-refractivity contribution in [3.05, 3.63) is 48.0 Å². The molecule has 0 bridgehead atoms. The van der Waals surface area contributed by atoms with Crippen LogP contribution in [0.3, 0.4) is 0 Å². The standard InChI is InChI=1S/C21H21N3O3S/c1-13-3-8-16-18(11-13)28-20(23-16)14-4-6-15(7-5-14)22-19(25)12-17-21(26)24(2)9-10-27-17/h3-8,11,17H,9-10,12H2,1-2H3,(H,22,25). The second-order valence-corrected chi connectivity index (χ2v) is 7.97. The first-order valence-corrected chi connectivity index (χ1v) is 9.95. The van der Waals surface area contributed by atoms with Gasteiger partial charge in [-0.25, -0.2) is 4.98 Å². The number of morpholine rings is 1. The zero-order chi connectivity index (χ0) is 19.7. The van der Waals surface area contributed by atoms with Crippen LogP contribution in [-0.4, -0.2) is 48.0 Å². The number of amides is 2. The van der Waals surface area contributed by atoms with Gasteiger partial charge >= 0.3 is 0 Å². The Morgan fingerprint density at radius 1 is 1.29 bits per heavy atom. The molecule has 1 aliphatic heterocycles. The largest absolute Gasteiger partial charge is 0.366 e. The number of aryl methyl sites for hydroxylation is 1. The zero-order valence-electron chi connectivity index (χ0n) is 15.8. The van der Waals surface area contributed by atoms with Crippen molar-refractivity contribution in [3.63, 3.8) is 0 Å². The van der Waals surface area contributed by atoms with Crippen molar-refractivity contribution in [1.29, 1.82) is 0 Å². The van der Waals surface area contributed by atoms with E-state index in [9.17, 15) is 9.59 Å². The highest BCUT2D eigenvalue weighted by Crippen LogP contribution is 2.31. The third-order valence-corrected chi connectivity index (χ3v) is 5.79. The minimum atomic E-state index is -0.704. The molecule has 144 valence electrons. The summed E-state index contributed by atoms with van der Waals surface area (Å²) in [4.78, 5) is 30.6. The van der Waals surface area contributed by atoms with Gasteiger partial charge in [0.15, 0.2) is 0 Å². The second-order valence-electron chi connectivity index (χ2n) is 6.94. The van der Waals surface area contributed by atoms with Crippen LogP contribution in [0.2, 0.25) is 0 Å². The maximum absolute atomic E-state index is 12.3. The van der Waals surface area contributed by atoms with Crippen molar-refractivity contribution in [3.8, 4) is 10.6 Å². The van der Waals surface area contributed by atoms with E-state index in [-0.39, 0.29) is 18.2 Å². The summed E-state index contributed by atoms with van der Waals surface area (Å²) in [6.07, 6.45) is -0.688. The van der Waals surface area contributed by atoms with Crippen LogP contribution in [0.4, 0.5) is 5.69 Å². The molecule has 7 heteroatoms. The fourth-order valence-corrected chi connectivity index (χ4v) is 4.21. The van der Waals surface area contributed by atoms with E-state index in [4.69, 9.17) is 4.74 Å². The Labute approximate surface area is 167 Å². The first-order valence-electron chi connectivity index (χ1n) is 9.14.